The molecule has 0 aliphatic heterocycles. The summed E-state index contributed by atoms with van der Waals surface area (Å²) in [4.78, 5) is 23.7. The highest BCUT2D eigenvalue weighted by atomic mass is 127. The summed E-state index contributed by atoms with van der Waals surface area (Å²) >= 11 is 6.60. The van der Waals surface area contributed by atoms with Crippen molar-refractivity contribution in [3.8, 4) is 5.75 Å². The first-order valence-corrected chi connectivity index (χ1v) is 10.2. The summed E-state index contributed by atoms with van der Waals surface area (Å²) < 4.78 is 8.62. The average molecular weight is 638 g/mol. The Kier molecular flexibility index (Phi) is 5.23. The lowest BCUT2D eigenvalue weighted by Gasteiger charge is -2.24. The Hall–Kier alpha value is 0.350. The van der Waals surface area contributed by atoms with Crippen molar-refractivity contribution in [2.45, 2.75) is 19.3 Å². The number of esters is 1. The first-order chi connectivity index (χ1) is 10.4. The summed E-state index contributed by atoms with van der Waals surface area (Å²) in [6.45, 7) is 0. The number of fused-ring (bicyclic) bond motifs is 2. The predicted molar refractivity (Wildman–Crippen MR) is 106 cm³/mol. The zero-order valence-electron chi connectivity index (χ0n) is 11.4. The summed E-state index contributed by atoms with van der Waals surface area (Å²) in [5.41, 5.74) is 0. The van der Waals surface area contributed by atoms with Crippen LogP contribution in [0, 0.1) is 34.4 Å². The monoisotopic (exact) mass is 638 g/mol. The number of ether oxygens (including phenoxy) is 1. The fourth-order valence-electron chi connectivity index (χ4n) is 3.67. The summed E-state index contributed by atoms with van der Waals surface area (Å²) in [5, 5.41) is 9.18. The highest BCUT2D eigenvalue weighted by molar-refractivity contribution is 14.1. The molecular formula is C15H13I3O4. The van der Waals surface area contributed by atoms with Crippen molar-refractivity contribution in [2.75, 3.05) is 0 Å². The van der Waals surface area contributed by atoms with E-state index in [1.165, 1.54) is 0 Å². The van der Waals surface area contributed by atoms with Crippen molar-refractivity contribution < 1.29 is 19.4 Å². The lowest BCUT2D eigenvalue weighted by Crippen LogP contribution is -2.31. The summed E-state index contributed by atoms with van der Waals surface area (Å²) in [5.74, 6) is -0.412. The number of halogens is 3. The fourth-order valence-corrected chi connectivity index (χ4v) is 7.47. The maximum atomic E-state index is 12.5. The minimum atomic E-state index is -0.721. The lowest BCUT2D eigenvalue weighted by atomic mass is 9.82. The molecule has 3 rings (SSSR count). The second-order valence-corrected chi connectivity index (χ2v) is 9.47. The molecule has 1 aromatic rings. The zero-order valence-corrected chi connectivity index (χ0v) is 17.9. The van der Waals surface area contributed by atoms with Crippen LogP contribution in [0.3, 0.4) is 0 Å². The van der Waals surface area contributed by atoms with E-state index < -0.39 is 5.97 Å². The van der Waals surface area contributed by atoms with Crippen molar-refractivity contribution in [1.82, 2.24) is 0 Å². The Morgan fingerprint density at radius 1 is 1.00 bits per heavy atom. The van der Waals surface area contributed by atoms with Gasteiger partial charge in [-0.2, -0.15) is 0 Å². The van der Waals surface area contributed by atoms with Crippen LogP contribution in [-0.2, 0) is 9.59 Å². The minimum absolute atomic E-state index is 0.134. The third-order valence-corrected chi connectivity index (χ3v) is 6.87. The Morgan fingerprint density at radius 2 is 1.55 bits per heavy atom. The van der Waals surface area contributed by atoms with Crippen LogP contribution in [-0.4, -0.2) is 17.0 Å². The van der Waals surface area contributed by atoms with Gasteiger partial charge in [-0.25, -0.2) is 0 Å². The van der Waals surface area contributed by atoms with Gasteiger partial charge in [0, 0.05) is 3.57 Å². The molecule has 2 fully saturated rings. The van der Waals surface area contributed by atoms with Crippen LogP contribution in [0.25, 0.3) is 0 Å². The van der Waals surface area contributed by atoms with Crippen LogP contribution in [0.15, 0.2) is 12.1 Å². The summed E-state index contributed by atoms with van der Waals surface area (Å²) in [6.07, 6.45) is 2.11. The highest BCUT2D eigenvalue weighted by Gasteiger charge is 2.51. The Balaban J connectivity index is 1.72. The van der Waals surface area contributed by atoms with Crippen LogP contribution in [0.1, 0.15) is 19.3 Å². The third kappa shape index (κ3) is 3.26. The van der Waals surface area contributed by atoms with Gasteiger partial charge in [0.2, 0.25) is 0 Å². The van der Waals surface area contributed by atoms with E-state index in [1.807, 2.05) is 12.1 Å². The molecule has 1 aromatic carbocycles. The van der Waals surface area contributed by atoms with E-state index in [0.717, 1.165) is 17.1 Å². The first-order valence-electron chi connectivity index (χ1n) is 6.96. The molecule has 0 amide bonds. The molecule has 0 spiro atoms. The van der Waals surface area contributed by atoms with Gasteiger partial charge in [-0.05, 0) is 111 Å². The van der Waals surface area contributed by atoms with E-state index in [-0.39, 0.29) is 29.6 Å². The molecule has 2 bridgehead atoms. The smallest absolute Gasteiger partial charge is 0.314 e. The van der Waals surface area contributed by atoms with Gasteiger partial charge in [-0.15, -0.1) is 0 Å². The van der Waals surface area contributed by atoms with Crippen LogP contribution < -0.4 is 4.74 Å². The van der Waals surface area contributed by atoms with Gasteiger partial charge in [0.1, 0.15) is 0 Å². The van der Waals surface area contributed by atoms with Gasteiger partial charge < -0.3 is 9.84 Å². The normalized spacial score (nSPS) is 29.6. The van der Waals surface area contributed by atoms with E-state index in [0.29, 0.717) is 18.6 Å². The van der Waals surface area contributed by atoms with Gasteiger partial charge in [0.25, 0.3) is 0 Å². The number of hydrogen-bond acceptors (Lipinski definition) is 3. The molecule has 1 N–H and O–H groups in total. The van der Waals surface area contributed by atoms with Crippen LogP contribution in [0.5, 0.6) is 5.75 Å². The molecule has 4 unspecified atom stereocenters. The SMILES string of the molecule is O=C(O)C1CC2CC1CC2C(=O)Oc1c(I)cc(I)cc1I. The number of rotatable bonds is 3. The van der Waals surface area contributed by atoms with Gasteiger partial charge in [0.15, 0.2) is 5.75 Å². The minimum Gasteiger partial charge on any atom is -0.481 e. The predicted octanol–water partition coefficient (Wildman–Crippen LogP) is 4.15. The van der Waals surface area contributed by atoms with Crippen molar-refractivity contribution in [3.05, 3.63) is 22.8 Å². The van der Waals surface area contributed by atoms with E-state index in [9.17, 15) is 14.7 Å². The molecule has 7 heteroatoms. The molecule has 2 aliphatic rings. The second kappa shape index (κ2) is 6.69. The second-order valence-electron chi connectivity index (χ2n) is 5.90. The Morgan fingerprint density at radius 3 is 2.05 bits per heavy atom. The molecule has 2 saturated carbocycles. The molecule has 2 aliphatic carbocycles. The number of carbonyl (C=O) groups excluding carboxylic acids is 1. The molecule has 0 heterocycles. The first kappa shape index (κ1) is 17.2. The van der Waals surface area contributed by atoms with E-state index in [1.54, 1.807) is 0 Å². The third-order valence-electron chi connectivity index (χ3n) is 4.64. The van der Waals surface area contributed by atoms with Crippen LogP contribution in [0.2, 0.25) is 0 Å². The van der Waals surface area contributed by atoms with E-state index >= 15 is 0 Å². The van der Waals surface area contributed by atoms with E-state index in [4.69, 9.17) is 4.74 Å². The Bertz CT molecular complexity index is 623. The number of carboxylic acid groups (broad SMARTS) is 1. The standard InChI is InChI=1S/C15H13I3O4/c16-8-4-11(17)13(12(18)5-8)22-15(21)10-3-6-1-7(10)2-9(6)14(19)20/h4-7,9-10H,1-3H2,(H,19,20). The quantitative estimate of drug-likeness (QED) is 0.308. The number of carbonyl (C=O) groups is 2. The maximum absolute atomic E-state index is 12.5. The number of carboxylic acids is 1. The van der Waals surface area contributed by atoms with E-state index in [2.05, 4.69) is 67.8 Å². The molecule has 4 nitrogen and oxygen atoms in total. The van der Waals surface area contributed by atoms with Crippen LogP contribution >= 0.6 is 67.8 Å². The molecule has 118 valence electrons. The fraction of sp³-hybridized carbons (Fsp3) is 0.467. The van der Waals surface area contributed by atoms with Gasteiger partial charge in [-0.1, -0.05) is 0 Å². The zero-order chi connectivity index (χ0) is 16.0. The largest absolute Gasteiger partial charge is 0.481 e. The van der Waals surface area contributed by atoms with Crippen molar-refractivity contribution in [3.63, 3.8) is 0 Å². The van der Waals surface area contributed by atoms with Gasteiger partial charge >= 0.3 is 11.9 Å². The average Bonchev–Trinajstić information content (AvgIpc) is 3.02. The summed E-state index contributed by atoms with van der Waals surface area (Å²) in [7, 11) is 0. The van der Waals surface area contributed by atoms with Crippen molar-refractivity contribution >= 4 is 79.7 Å². The Labute approximate surface area is 169 Å². The molecular weight excluding hydrogens is 625 g/mol. The topological polar surface area (TPSA) is 63.6 Å². The molecule has 0 radical (unpaired) electrons. The maximum Gasteiger partial charge on any atom is 0.314 e. The van der Waals surface area contributed by atoms with Gasteiger partial charge in [-0.3, -0.25) is 9.59 Å². The molecule has 22 heavy (non-hydrogen) atoms. The van der Waals surface area contributed by atoms with Crippen molar-refractivity contribution in [1.29, 1.82) is 0 Å². The molecule has 4 atom stereocenters. The number of hydrogen-bond donors (Lipinski definition) is 1. The number of aliphatic carboxylic acids is 1. The van der Waals surface area contributed by atoms with Gasteiger partial charge in [0.05, 0.1) is 19.0 Å². The number of benzene rings is 1. The van der Waals surface area contributed by atoms with Crippen LogP contribution in [0.4, 0.5) is 0 Å². The molecule has 0 saturated heterocycles. The lowest BCUT2D eigenvalue weighted by molar-refractivity contribution is -0.147. The summed E-state index contributed by atoms with van der Waals surface area (Å²) in [6, 6.07) is 3.96. The molecule has 0 aromatic heterocycles. The highest BCUT2D eigenvalue weighted by Crippen LogP contribution is 2.52. The van der Waals surface area contributed by atoms with Crippen molar-refractivity contribution in [2.24, 2.45) is 23.7 Å².